The summed E-state index contributed by atoms with van der Waals surface area (Å²) in [4.78, 5) is 17.2. The molecule has 0 N–H and O–H groups in total. The predicted molar refractivity (Wildman–Crippen MR) is 140 cm³/mol. The van der Waals surface area contributed by atoms with Crippen molar-refractivity contribution < 1.29 is 4.74 Å². The van der Waals surface area contributed by atoms with Gasteiger partial charge in [0.05, 0.1) is 12.2 Å². The predicted octanol–water partition coefficient (Wildman–Crippen LogP) is 5.62. The average molecular weight is 569 g/mol. The van der Waals surface area contributed by atoms with Gasteiger partial charge < -0.3 is 4.74 Å². The Balaban J connectivity index is 1.38. The third-order valence-corrected chi connectivity index (χ3v) is 6.91. The maximum absolute atomic E-state index is 12.6. The molecule has 3 heterocycles. The Morgan fingerprint density at radius 3 is 2.60 bits per heavy atom. The van der Waals surface area contributed by atoms with Gasteiger partial charge in [0.2, 0.25) is 0 Å². The van der Waals surface area contributed by atoms with E-state index in [1.54, 1.807) is 24.4 Å². The molecule has 0 aliphatic heterocycles. The summed E-state index contributed by atoms with van der Waals surface area (Å²) in [6.45, 7) is 0.851. The smallest absolute Gasteiger partial charge is 0.258 e. The van der Waals surface area contributed by atoms with Gasteiger partial charge in [-0.3, -0.25) is 13.8 Å². The van der Waals surface area contributed by atoms with E-state index >= 15 is 0 Å². The van der Waals surface area contributed by atoms with Crippen molar-refractivity contribution in [3.63, 3.8) is 0 Å². The van der Waals surface area contributed by atoms with E-state index < -0.39 is 0 Å². The zero-order chi connectivity index (χ0) is 24.2. The molecule has 0 saturated carbocycles. The number of aromatic nitrogens is 5. The highest BCUT2D eigenvalue weighted by atomic mass is 79.9. The molecule has 7 nitrogen and oxygen atoms in total. The molecule has 0 atom stereocenters. The molecule has 10 heteroatoms. The molecule has 0 spiro atoms. The standard InChI is InChI=1S/C25H19BrClN5O2S/c26-18-6-11-22-28-20(12-24(33)31(22)14-18)16-35-25-30-29-23(15-34-21-9-7-19(27)8-10-21)32(25)13-17-4-2-1-3-5-17/h1-12,14H,13,15-16H2. The highest BCUT2D eigenvalue weighted by molar-refractivity contribution is 9.10. The fourth-order valence-corrected chi connectivity index (χ4v) is 4.79. The Kier molecular flexibility index (Phi) is 7.17. The second-order valence-corrected chi connectivity index (χ2v) is 9.96. The Bertz CT molecular complexity index is 1520. The number of hydrogen-bond donors (Lipinski definition) is 0. The monoisotopic (exact) mass is 567 g/mol. The van der Waals surface area contributed by atoms with Gasteiger partial charge in [-0.05, 0) is 57.9 Å². The molecule has 0 aliphatic carbocycles. The van der Waals surface area contributed by atoms with Crippen LogP contribution in [0.3, 0.4) is 0 Å². The number of hydrogen-bond acceptors (Lipinski definition) is 6. The first-order valence-electron chi connectivity index (χ1n) is 10.7. The molecular formula is C25H19BrClN5O2S. The van der Waals surface area contributed by atoms with Crippen LogP contribution in [-0.2, 0) is 18.9 Å². The van der Waals surface area contributed by atoms with Gasteiger partial charge in [0.15, 0.2) is 11.0 Å². The number of ether oxygens (including phenoxy) is 1. The average Bonchev–Trinajstić information content (AvgIpc) is 3.24. The Labute approximate surface area is 218 Å². The lowest BCUT2D eigenvalue weighted by Gasteiger charge is -2.11. The third-order valence-electron chi connectivity index (χ3n) is 5.18. The number of fused-ring (bicyclic) bond motifs is 1. The summed E-state index contributed by atoms with van der Waals surface area (Å²) in [5, 5.41) is 10.2. The van der Waals surface area contributed by atoms with Gasteiger partial charge in [0.1, 0.15) is 18.0 Å². The van der Waals surface area contributed by atoms with Crippen LogP contribution in [0.15, 0.2) is 93.4 Å². The zero-order valence-corrected chi connectivity index (χ0v) is 21.5. The fourth-order valence-electron chi connectivity index (χ4n) is 3.47. The summed E-state index contributed by atoms with van der Waals surface area (Å²) in [5.74, 6) is 1.88. The van der Waals surface area contributed by atoms with Crippen molar-refractivity contribution >= 4 is 44.9 Å². The van der Waals surface area contributed by atoms with Crippen LogP contribution in [0.2, 0.25) is 5.02 Å². The number of rotatable bonds is 8. The van der Waals surface area contributed by atoms with Crippen LogP contribution < -0.4 is 10.3 Å². The molecule has 0 unspecified atom stereocenters. The highest BCUT2D eigenvalue weighted by Crippen LogP contribution is 2.24. The third kappa shape index (κ3) is 5.75. The first-order chi connectivity index (χ1) is 17.0. The lowest BCUT2D eigenvalue weighted by atomic mass is 10.2. The second kappa shape index (κ2) is 10.6. The fraction of sp³-hybridized carbons (Fsp3) is 0.120. The van der Waals surface area contributed by atoms with E-state index in [-0.39, 0.29) is 12.2 Å². The zero-order valence-electron chi connectivity index (χ0n) is 18.3. The van der Waals surface area contributed by atoms with Crippen LogP contribution in [0.25, 0.3) is 5.65 Å². The van der Waals surface area contributed by atoms with Crippen molar-refractivity contribution in [1.82, 2.24) is 24.1 Å². The molecule has 0 amide bonds. The SMILES string of the molecule is O=c1cc(CSc2nnc(COc3ccc(Cl)cc3)n2Cc2ccccc2)nc2ccc(Br)cn12. The maximum Gasteiger partial charge on any atom is 0.258 e. The van der Waals surface area contributed by atoms with Crippen molar-refractivity contribution in [3.05, 3.63) is 116 Å². The van der Waals surface area contributed by atoms with Crippen molar-refractivity contribution in [2.45, 2.75) is 24.1 Å². The van der Waals surface area contributed by atoms with Crippen molar-refractivity contribution in [1.29, 1.82) is 0 Å². The lowest BCUT2D eigenvalue weighted by molar-refractivity contribution is 0.289. The van der Waals surface area contributed by atoms with Crippen LogP contribution in [-0.4, -0.2) is 24.1 Å². The first kappa shape index (κ1) is 23.6. The number of pyridine rings is 1. The second-order valence-electron chi connectivity index (χ2n) is 7.66. The molecule has 2 aromatic carbocycles. The van der Waals surface area contributed by atoms with Crippen molar-refractivity contribution in [3.8, 4) is 5.75 Å². The van der Waals surface area contributed by atoms with Crippen molar-refractivity contribution in [2.75, 3.05) is 0 Å². The first-order valence-corrected chi connectivity index (χ1v) is 12.9. The summed E-state index contributed by atoms with van der Waals surface area (Å²) >= 11 is 10.8. The van der Waals surface area contributed by atoms with Gasteiger partial charge in [-0.25, -0.2) is 4.98 Å². The number of nitrogens with zero attached hydrogens (tertiary/aromatic N) is 5. The van der Waals surface area contributed by atoms with Gasteiger partial charge in [-0.15, -0.1) is 10.2 Å². The Morgan fingerprint density at radius 2 is 1.80 bits per heavy atom. The molecule has 0 fully saturated rings. The summed E-state index contributed by atoms with van der Waals surface area (Å²) in [7, 11) is 0. The van der Waals surface area contributed by atoms with E-state index in [2.05, 4.69) is 43.2 Å². The Morgan fingerprint density at radius 1 is 1.00 bits per heavy atom. The number of halogens is 2. The minimum Gasteiger partial charge on any atom is -0.486 e. The van der Waals surface area contributed by atoms with Crippen LogP contribution in [0.4, 0.5) is 0 Å². The van der Waals surface area contributed by atoms with Crippen LogP contribution >= 0.6 is 39.3 Å². The molecule has 5 rings (SSSR count). The van der Waals surface area contributed by atoms with Gasteiger partial charge in [0, 0.05) is 27.5 Å². The summed E-state index contributed by atoms with van der Waals surface area (Å²) < 4.78 is 10.3. The number of thioether (sulfide) groups is 1. The van der Waals surface area contributed by atoms with Gasteiger partial charge in [-0.2, -0.15) is 0 Å². The quantitative estimate of drug-likeness (QED) is 0.226. The Hall–Kier alpha value is -3.14. The number of benzene rings is 2. The van der Waals surface area contributed by atoms with E-state index in [4.69, 9.17) is 16.3 Å². The van der Waals surface area contributed by atoms with Gasteiger partial charge in [0.25, 0.3) is 5.56 Å². The maximum atomic E-state index is 12.6. The molecular weight excluding hydrogens is 550 g/mol. The normalized spacial score (nSPS) is 11.1. The molecule has 3 aromatic heterocycles. The molecule has 35 heavy (non-hydrogen) atoms. The van der Waals surface area contributed by atoms with Crippen molar-refractivity contribution in [2.24, 2.45) is 0 Å². The van der Waals surface area contributed by atoms with Gasteiger partial charge in [-0.1, -0.05) is 53.7 Å². The van der Waals surface area contributed by atoms with E-state index in [0.29, 0.717) is 40.2 Å². The van der Waals surface area contributed by atoms with E-state index in [1.165, 1.54) is 16.2 Å². The minimum atomic E-state index is -0.130. The van der Waals surface area contributed by atoms with E-state index in [0.717, 1.165) is 15.2 Å². The van der Waals surface area contributed by atoms with E-state index in [9.17, 15) is 4.79 Å². The molecule has 0 radical (unpaired) electrons. The summed E-state index contributed by atoms with van der Waals surface area (Å²) in [5.41, 5.74) is 2.26. The lowest BCUT2D eigenvalue weighted by Crippen LogP contribution is -2.15. The van der Waals surface area contributed by atoms with Crippen LogP contribution in [0, 0.1) is 0 Å². The largest absolute Gasteiger partial charge is 0.486 e. The summed E-state index contributed by atoms with van der Waals surface area (Å²) in [6, 6.07) is 22.5. The highest BCUT2D eigenvalue weighted by Gasteiger charge is 2.15. The molecule has 0 bridgehead atoms. The summed E-state index contributed by atoms with van der Waals surface area (Å²) in [6.07, 6.45) is 1.71. The van der Waals surface area contributed by atoms with Crippen LogP contribution in [0.5, 0.6) is 5.75 Å². The topological polar surface area (TPSA) is 74.3 Å². The van der Waals surface area contributed by atoms with Crippen LogP contribution in [0.1, 0.15) is 17.1 Å². The molecule has 176 valence electrons. The molecule has 0 aliphatic rings. The van der Waals surface area contributed by atoms with Gasteiger partial charge >= 0.3 is 0 Å². The minimum absolute atomic E-state index is 0.130. The molecule has 5 aromatic rings. The van der Waals surface area contributed by atoms with E-state index in [1.807, 2.05) is 47.0 Å². The molecule has 0 saturated heterocycles.